The molecule has 1 aliphatic heterocycles. The summed E-state index contributed by atoms with van der Waals surface area (Å²) < 4.78 is 7.03. The van der Waals surface area contributed by atoms with E-state index in [1.807, 2.05) is 36.4 Å². The second-order valence-corrected chi connectivity index (χ2v) is 8.34. The Morgan fingerprint density at radius 3 is 2.82 bits per heavy atom. The van der Waals surface area contributed by atoms with Crippen LogP contribution in [0.4, 0.5) is 0 Å². The molecule has 0 radical (unpaired) electrons. The van der Waals surface area contributed by atoms with Crippen LogP contribution in [0.25, 0.3) is 10.2 Å². The van der Waals surface area contributed by atoms with E-state index in [1.54, 1.807) is 11.3 Å². The minimum absolute atomic E-state index is 0.286. The summed E-state index contributed by atoms with van der Waals surface area (Å²) in [6.07, 6.45) is 3.36. The van der Waals surface area contributed by atoms with E-state index in [2.05, 4.69) is 22.0 Å². The van der Waals surface area contributed by atoms with Gasteiger partial charge in [0.1, 0.15) is 5.75 Å². The van der Waals surface area contributed by atoms with Crippen molar-refractivity contribution in [2.75, 3.05) is 19.6 Å². The summed E-state index contributed by atoms with van der Waals surface area (Å²) in [7, 11) is 0. The number of rotatable bonds is 7. The molecule has 1 N–H and O–H groups in total. The minimum Gasteiger partial charge on any atom is -0.481 e. The highest BCUT2D eigenvalue weighted by atomic mass is 32.1. The summed E-state index contributed by atoms with van der Waals surface area (Å²) in [5.74, 6) is 0.397. The maximum absolute atomic E-state index is 10.9. The van der Waals surface area contributed by atoms with Crippen molar-refractivity contribution in [2.45, 2.75) is 25.7 Å². The number of hydrogen-bond donors (Lipinski definition) is 1. The van der Waals surface area contributed by atoms with Crippen molar-refractivity contribution >= 4 is 27.5 Å². The molecule has 0 aliphatic carbocycles. The van der Waals surface area contributed by atoms with Gasteiger partial charge in [-0.15, -0.1) is 0 Å². The third kappa shape index (κ3) is 4.88. The van der Waals surface area contributed by atoms with Gasteiger partial charge in [0.05, 0.1) is 10.2 Å². The number of nitrogens with zero attached hydrogens (tertiary/aromatic N) is 2. The number of benzene rings is 2. The van der Waals surface area contributed by atoms with Gasteiger partial charge in [-0.05, 0) is 61.6 Å². The molecule has 0 saturated carbocycles. The first-order chi connectivity index (χ1) is 13.7. The fourth-order valence-electron chi connectivity index (χ4n) is 3.77. The van der Waals surface area contributed by atoms with E-state index in [9.17, 15) is 4.79 Å². The van der Waals surface area contributed by atoms with Crippen molar-refractivity contribution in [1.29, 1.82) is 0 Å². The van der Waals surface area contributed by atoms with E-state index in [1.165, 1.54) is 5.56 Å². The number of carbonyl (C=O) groups is 1. The van der Waals surface area contributed by atoms with Crippen molar-refractivity contribution < 1.29 is 14.6 Å². The molecule has 3 aromatic rings. The zero-order valence-corrected chi connectivity index (χ0v) is 16.5. The van der Waals surface area contributed by atoms with Gasteiger partial charge >= 0.3 is 5.97 Å². The third-order valence-corrected chi connectivity index (χ3v) is 6.10. The van der Waals surface area contributed by atoms with Crippen LogP contribution in [0, 0.1) is 5.92 Å². The van der Waals surface area contributed by atoms with Crippen LogP contribution in [0.15, 0.2) is 48.5 Å². The van der Waals surface area contributed by atoms with Crippen molar-refractivity contribution in [1.82, 2.24) is 9.88 Å². The predicted octanol–water partition coefficient (Wildman–Crippen LogP) is 4.82. The third-order valence-electron chi connectivity index (χ3n) is 5.19. The lowest BCUT2D eigenvalue weighted by Gasteiger charge is -2.32. The van der Waals surface area contributed by atoms with Gasteiger partial charge in [-0.3, -0.25) is 4.79 Å². The van der Waals surface area contributed by atoms with Crippen LogP contribution in [0.5, 0.6) is 10.9 Å². The first-order valence-corrected chi connectivity index (χ1v) is 10.5. The Kier molecular flexibility index (Phi) is 5.88. The number of hydrogen-bond acceptors (Lipinski definition) is 5. The van der Waals surface area contributed by atoms with Crippen molar-refractivity contribution in [3.8, 4) is 10.9 Å². The Bertz CT molecular complexity index is 905. The van der Waals surface area contributed by atoms with Gasteiger partial charge in [0.15, 0.2) is 0 Å². The number of para-hydroxylation sites is 1. The lowest BCUT2D eigenvalue weighted by Crippen LogP contribution is -2.37. The molecule has 6 heteroatoms. The monoisotopic (exact) mass is 396 g/mol. The van der Waals surface area contributed by atoms with Gasteiger partial charge in [-0.2, -0.15) is 0 Å². The highest BCUT2D eigenvalue weighted by Crippen LogP contribution is 2.31. The molecular formula is C22H24N2O3S. The Morgan fingerprint density at radius 1 is 1.21 bits per heavy atom. The van der Waals surface area contributed by atoms with Crippen LogP contribution >= 0.6 is 11.3 Å². The number of ether oxygens (including phenoxy) is 1. The Hall–Kier alpha value is -2.44. The number of carboxylic acids is 1. The number of aromatic nitrogens is 1. The average molecular weight is 397 g/mol. The Morgan fingerprint density at radius 2 is 2.04 bits per heavy atom. The van der Waals surface area contributed by atoms with E-state index in [0.29, 0.717) is 5.19 Å². The summed E-state index contributed by atoms with van der Waals surface area (Å²) in [4.78, 5) is 17.8. The van der Waals surface area contributed by atoms with Crippen molar-refractivity contribution in [2.24, 2.45) is 5.92 Å². The van der Waals surface area contributed by atoms with Gasteiger partial charge in [-0.25, -0.2) is 4.98 Å². The lowest BCUT2D eigenvalue weighted by molar-refractivity contribution is -0.138. The van der Waals surface area contributed by atoms with Crippen molar-refractivity contribution in [3.05, 3.63) is 54.1 Å². The highest BCUT2D eigenvalue weighted by Gasteiger charge is 2.21. The molecule has 1 saturated heterocycles. The van der Waals surface area contributed by atoms with E-state index in [4.69, 9.17) is 9.84 Å². The van der Waals surface area contributed by atoms with E-state index in [-0.39, 0.29) is 12.3 Å². The number of thiazole rings is 1. The number of carboxylic acid groups (broad SMARTS) is 1. The number of piperidine rings is 1. The van der Waals surface area contributed by atoms with E-state index < -0.39 is 5.97 Å². The SMILES string of the molecule is O=C(O)CC1CCCN(CCc2ccc(Oc3nc4ccccc4s3)cc2)C1. The molecule has 0 spiro atoms. The maximum atomic E-state index is 10.9. The fourth-order valence-corrected chi connectivity index (χ4v) is 4.61. The van der Waals surface area contributed by atoms with Gasteiger partial charge in [0.2, 0.25) is 0 Å². The first-order valence-electron chi connectivity index (χ1n) is 9.72. The smallest absolute Gasteiger partial charge is 0.303 e. The molecule has 0 amide bonds. The molecule has 146 valence electrons. The topological polar surface area (TPSA) is 62.7 Å². The molecule has 2 aromatic carbocycles. The lowest BCUT2D eigenvalue weighted by atomic mass is 9.94. The second kappa shape index (κ2) is 8.71. The van der Waals surface area contributed by atoms with E-state index in [0.717, 1.165) is 54.9 Å². The molecule has 28 heavy (non-hydrogen) atoms. The highest BCUT2D eigenvalue weighted by molar-refractivity contribution is 7.20. The van der Waals surface area contributed by atoms with Gasteiger partial charge in [0, 0.05) is 19.5 Å². The van der Waals surface area contributed by atoms with Crippen LogP contribution < -0.4 is 4.74 Å². The fraction of sp³-hybridized carbons (Fsp3) is 0.364. The summed E-state index contributed by atoms with van der Waals surface area (Å²) in [6, 6.07) is 16.2. The molecule has 5 nitrogen and oxygen atoms in total. The van der Waals surface area contributed by atoms with Crippen LogP contribution in [0.3, 0.4) is 0 Å². The summed E-state index contributed by atoms with van der Waals surface area (Å²) in [6.45, 7) is 2.92. The second-order valence-electron chi connectivity index (χ2n) is 7.35. The van der Waals surface area contributed by atoms with Crippen molar-refractivity contribution in [3.63, 3.8) is 0 Å². The number of aliphatic carboxylic acids is 1. The number of likely N-dealkylation sites (tertiary alicyclic amines) is 1. The molecule has 1 fully saturated rings. The molecule has 1 aliphatic rings. The Balaban J connectivity index is 1.30. The first kappa shape index (κ1) is 18.9. The summed E-state index contributed by atoms with van der Waals surface area (Å²) in [5.41, 5.74) is 2.22. The summed E-state index contributed by atoms with van der Waals surface area (Å²) in [5, 5.41) is 9.66. The average Bonchev–Trinajstić information content (AvgIpc) is 3.09. The quantitative estimate of drug-likeness (QED) is 0.620. The van der Waals surface area contributed by atoms with Gasteiger partial charge < -0.3 is 14.7 Å². The van der Waals surface area contributed by atoms with Crippen LogP contribution in [-0.2, 0) is 11.2 Å². The molecular weight excluding hydrogens is 372 g/mol. The van der Waals surface area contributed by atoms with Crippen LogP contribution in [0.2, 0.25) is 0 Å². The largest absolute Gasteiger partial charge is 0.481 e. The Labute approximate surface area is 168 Å². The molecule has 1 atom stereocenters. The number of fused-ring (bicyclic) bond motifs is 1. The van der Waals surface area contributed by atoms with Gasteiger partial charge in [0.25, 0.3) is 5.19 Å². The minimum atomic E-state index is -0.685. The molecule has 2 heterocycles. The zero-order valence-electron chi connectivity index (χ0n) is 15.7. The maximum Gasteiger partial charge on any atom is 0.303 e. The molecule has 1 unspecified atom stereocenters. The van der Waals surface area contributed by atoms with Crippen LogP contribution in [0.1, 0.15) is 24.8 Å². The zero-order chi connectivity index (χ0) is 19.3. The molecule has 4 rings (SSSR count). The normalized spacial score (nSPS) is 17.6. The summed E-state index contributed by atoms with van der Waals surface area (Å²) >= 11 is 1.55. The van der Waals surface area contributed by atoms with E-state index >= 15 is 0 Å². The molecule has 1 aromatic heterocycles. The standard InChI is InChI=1S/C22H24N2O3S/c25-21(26)14-17-4-3-12-24(15-17)13-11-16-7-9-18(10-8-16)27-22-23-19-5-1-2-6-20(19)28-22/h1-2,5-10,17H,3-4,11-15H2,(H,25,26). The van der Waals surface area contributed by atoms with Crippen LogP contribution in [-0.4, -0.2) is 40.6 Å². The molecule has 0 bridgehead atoms. The van der Waals surface area contributed by atoms with Gasteiger partial charge in [-0.1, -0.05) is 35.6 Å². The predicted molar refractivity (Wildman–Crippen MR) is 111 cm³/mol.